The lowest BCUT2D eigenvalue weighted by Crippen LogP contribution is -2.16. The maximum Gasteiger partial charge on any atom is 0.234 e. The second kappa shape index (κ2) is 10.7. The number of hydrogen-bond donors (Lipinski definition) is 1. The molecule has 0 fully saturated rings. The van der Waals surface area contributed by atoms with Crippen molar-refractivity contribution < 1.29 is 14.3 Å². The molecule has 31 heavy (non-hydrogen) atoms. The second-order valence-corrected chi connectivity index (χ2v) is 7.79. The first-order valence-electron chi connectivity index (χ1n) is 9.80. The van der Waals surface area contributed by atoms with E-state index in [2.05, 4.69) is 22.1 Å². The number of carbonyl (C=O) groups is 1. The first kappa shape index (κ1) is 22.4. The molecular weight excluding hydrogens is 412 g/mol. The van der Waals surface area contributed by atoms with Crippen molar-refractivity contribution in [3.8, 4) is 11.5 Å². The summed E-state index contributed by atoms with van der Waals surface area (Å²) in [5, 5.41) is 12.1. The molecule has 0 atom stereocenters. The number of anilines is 1. The molecule has 0 radical (unpaired) electrons. The summed E-state index contributed by atoms with van der Waals surface area (Å²) in [6.07, 6.45) is 1.76. The van der Waals surface area contributed by atoms with Gasteiger partial charge in [-0.25, -0.2) is 0 Å². The first-order chi connectivity index (χ1) is 15.0. The third-order valence-electron chi connectivity index (χ3n) is 4.74. The van der Waals surface area contributed by atoms with Gasteiger partial charge in [0.25, 0.3) is 0 Å². The Morgan fingerprint density at radius 2 is 1.90 bits per heavy atom. The van der Waals surface area contributed by atoms with Crippen molar-refractivity contribution in [3.63, 3.8) is 0 Å². The molecule has 0 unspecified atom stereocenters. The molecule has 0 bridgehead atoms. The third-order valence-corrected chi connectivity index (χ3v) is 5.71. The minimum absolute atomic E-state index is 0.0946. The highest BCUT2D eigenvalue weighted by Crippen LogP contribution is 2.22. The topological polar surface area (TPSA) is 78.3 Å². The van der Waals surface area contributed by atoms with E-state index in [-0.39, 0.29) is 18.3 Å². The monoisotopic (exact) mass is 438 g/mol. The Hall–Kier alpha value is -3.26. The third kappa shape index (κ3) is 5.88. The highest BCUT2D eigenvalue weighted by atomic mass is 32.2. The zero-order valence-electron chi connectivity index (χ0n) is 17.9. The van der Waals surface area contributed by atoms with Gasteiger partial charge in [-0.3, -0.25) is 9.36 Å². The summed E-state index contributed by atoms with van der Waals surface area (Å²) in [4.78, 5) is 12.4. The van der Waals surface area contributed by atoms with Crippen LogP contribution in [0, 0.1) is 13.8 Å². The predicted octanol–water partition coefficient (Wildman–Crippen LogP) is 4.40. The summed E-state index contributed by atoms with van der Waals surface area (Å²) >= 11 is 1.33. The average Bonchev–Trinajstić information content (AvgIpc) is 3.16. The van der Waals surface area contributed by atoms with Crippen LogP contribution in [-0.2, 0) is 17.9 Å². The predicted molar refractivity (Wildman–Crippen MR) is 123 cm³/mol. The SMILES string of the molecule is C=CCn1c(COc2ccc(OC)cc2)nnc1SCC(=O)Nc1cccc(C)c1C. The van der Waals surface area contributed by atoms with E-state index < -0.39 is 0 Å². The summed E-state index contributed by atoms with van der Waals surface area (Å²) in [7, 11) is 1.62. The zero-order chi connectivity index (χ0) is 22.2. The van der Waals surface area contributed by atoms with Gasteiger partial charge in [-0.15, -0.1) is 16.8 Å². The molecule has 0 saturated heterocycles. The lowest BCUT2D eigenvalue weighted by molar-refractivity contribution is -0.113. The number of thioether (sulfide) groups is 1. The molecule has 0 saturated carbocycles. The fraction of sp³-hybridized carbons (Fsp3) is 0.261. The van der Waals surface area contributed by atoms with Crippen LogP contribution in [0.4, 0.5) is 5.69 Å². The molecule has 0 aliphatic carbocycles. The first-order valence-corrected chi connectivity index (χ1v) is 10.8. The van der Waals surface area contributed by atoms with E-state index in [0.29, 0.717) is 23.3 Å². The number of nitrogens with zero attached hydrogens (tertiary/aromatic N) is 3. The number of aryl methyl sites for hydroxylation is 1. The minimum atomic E-state index is -0.0946. The molecule has 2 aromatic carbocycles. The quantitative estimate of drug-likeness (QED) is 0.373. The molecule has 0 spiro atoms. The number of allylic oxidation sites excluding steroid dienone is 1. The number of carbonyl (C=O) groups excluding carboxylic acids is 1. The van der Waals surface area contributed by atoms with Gasteiger partial charge < -0.3 is 14.8 Å². The number of hydrogen-bond acceptors (Lipinski definition) is 6. The Kier molecular flexibility index (Phi) is 7.72. The molecule has 1 N–H and O–H groups in total. The lowest BCUT2D eigenvalue weighted by Gasteiger charge is -2.11. The van der Waals surface area contributed by atoms with Crippen LogP contribution in [0.5, 0.6) is 11.5 Å². The van der Waals surface area contributed by atoms with Gasteiger partial charge >= 0.3 is 0 Å². The van der Waals surface area contributed by atoms with E-state index in [4.69, 9.17) is 9.47 Å². The van der Waals surface area contributed by atoms with Crippen molar-refractivity contribution in [3.05, 3.63) is 72.1 Å². The van der Waals surface area contributed by atoms with Crippen molar-refractivity contribution in [2.75, 3.05) is 18.2 Å². The van der Waals surface area contributed by atoms with Crippen molar-refractivity contribution in [2.24, 2.45) is 0 Å². The zero-order valence-corrected chi connectivity index (χ0v) is 18.7. The number of methoxy groups -OCH3 is 1. The smallest absolute Gasteiger partial charge is 0.234 e. The largest absolute Gasteiger partial charge is 0.497 e. The second-order valence-electron chi connectivity index (χ2n) is 6.85. The van der Waals surface area contributed by atoms with E-state index in [9.17, 15) is 4.79 Å². The molecule has 1 heterocycles. The maximum atomic E-state index is 12.4. The van der Waals surface area contributed by atoms with Gasteiger partial charge in [0.05, 0.1) is 12.9 Å². The van der Waals surface area contributed by atoms with Crippen LogP contribution in [-0.4, -0.2) is 33.5 Å². The number of ether oxygens (including phenoxy) is 2. The lowest BCUT2D eigenvalue weighted by atomic mass is 10.1. The molecule has 0 aliphatic heterocycles. The summed E-state index contributed by atoms with van der Waals surface area (Å²) in [6, 6.07) is 13.2. The van der Waals surface area contributed by atoms with Crippen molar-refractivity contribution >= 4 is 23.4 Å². The Bertz CT molecular complexity index is 1050. The molecule has 162 valence electrons. The molecule has 3 rings (SSSR count). The Morgan fingerprint density at radius 3 is 2.61 bits per heavy atom. The number of aromatic nitrogens is 3. The number of amides is 1. The van der Waals surface area contributed by atoms with Crippen LogP contribution in [0.1, 0.15) is 17.0 Å². The van der Waals surface area contributed by atoms with Gasteiger partial charge in [-0.2, -0.15) is 0 Å². The van der Waals surface area contributed by atoms with Gasteiger partial charge in [0.15, 0.2) is 11.0 Å². The average molecular weight is 439 g/mol. The molecule has 0 aliphatic rings. The Balaban J connectivity index is 1.61. The summed E-state index contributed by atoms with van der Waals surface area (Å²) in [6.45, 7) is 8.59. The fourth-order valence-electron chi connectivity index (χ4n) is 2.87. The Morgan fingerprint density at radius 1 is 1.16 bits per heavy atom. The standard InChI is InChI=1S/C23H26N4O3S/c1-5-13-27-21(14-30-19-11-9-18(29-4)10-12-19)25-26-23(27)31-15-22(28)24-20-8-6-7-16(2)17(20)3/h5-12H,1,13-15H2,2-4H3,(H,24,28). The normalized spacial score (nSPS) is 10.5. The summed E-state index contributed by atoms with van der Waals surface area (Å²) < 4.78 is 12.9. The Labute approximate surface area is 186 Å². The van der Waals surface area contributed by atoms with Crippen molar-refractivity contribution in [1.82, 2.24) is 14.8 Å². The maximum absolute atomic E-state index is 12.4. The van der Waals surface area contributed by atoms with E-state index in [1.165, 1.54) is 11.8 Å². The van der Waals surface area contributed by atoms with Gasteiger partial charge in [-0.05, 0) is 55.3 Å². The van der Waals surface area contributed by atoms with Crippen LogP contribution < -0.4 is 14.8 Å². The highest BCUT2D eigenvalue weighted by molar-refractivity contribution is 7.99. The summed E-state index contributed by atoms with van der Waals surface area (Å²) in [5.41, 5.74) is 3.03. The molecule has 7 nitrogen and oxygen atoms in total. The molecule has 1 aromatic heterocycles. The number of benzene rings is 2. The highest BCUT2D eigenvalue weighted by Gasteiger charge is 2.15. The van der Waals surface area contributed by atoms with Crippen LogP contribution in [0.3, 0.4) is 0 Å². The van der Waals surface area contributed by atoms with Gasteiger partial charge in [0, 0.05) is 12.2 Å². The fourth-order valence-corrected chi connectivity index (χ4v) is 3.63. The van der Waals surface area contributed by atoms with Gasteiger partial charge in [-0.1, -0.05) is 30.0 Å². The van der Waals surface area contributed by atoms with Crippen molar-refractivity contribution in [1.29, 1.82) is 0 Å². The van der Waals surface area contributed by atoms with Crippen LogP contribution in [0.15, 0.2) is 60.3 Å². The van der Waals surface area contributed by atoms with Crippen molar-refractivity contribution in [2.45, 2.75) is 32.2 Å². The minimum Gasteiger partial charge on any atom is -0.497 e. The van der Waals surface area contributed by atoms with E-state index >= 15 is 0 Å². The summed E-state index contributed by atoms with van der Waals surface area (Å²) in [5.74, 6) is 2.26. The number of rotatable bonds is 10. The van der Waals surface area contributed by atoms with Gasteiger partial charge in [0.2, 0.25) is 5.91 Å². The molecule has 3 aromatic rings. The molecule has 8 heteroatoms. The molecule has 1 amide bonds. The van der Waals surface area contributed by atoms with Crippen LogP contribution >= 0.6 is 11.8 Å². The number of nitrogens with one attached hydrogen (secondary N) is 1. The van der Waals surface area contributed by atoms with E-state index in [1.807, 2.05) is 60.9 Å². The van der Waals surface area contributed by atoms with E-state index in [1.54, 1.807) is 13.2 Å². The van der Waals surface area contributed by atoms with Gasteiger partial charge in [0.1, 0.15) is 18.1 Å². The van der Waals surface area contributed by atoms with Crippen LogP contribution in [0.2, 0.25) is 0 Å². The van der Waals surface area contributed by atoms with E-state index in [0.717, 1.165) is 22.6 Å². The van der Waals surface area contributed by atoms with Crippen LogP contribution in [0.25, 0.3) is 0 Å². The molecular formula is C23H26N4O3S.